The van der Waals surface area contributed by atoms with Gasteiger partial charge in [-0.15, -0.1) is 0 Å². The number of para-hydroxylation sites is 1. The quantitative estimate of drug-likeness (QED) is 0.640. The average molecular weight is 474 g/mol. The van der Waals surface area contributed by atoms with Crippen molar-refractivity contribution in [2.75, 3.05) is 51.3 Å². The van der Waals surface area contributed by atoms with Crippen LogP contribution in [0.5, 0.6) is 11.5 Å². The molecule has 0 aromatic heterocycles. The first-order valence-corrected chi connectivity index (χ1v) is 12.3. The van der Waals surface area contributed by atoms with Gasteiger partial charge in [0.25, 0.3) is 0 Å². The highest BCUT2D eigenvalue weighted by Gasteiger charge is 2.30. The van der Waals surface area contributed by atoms with Gasteiger partial charge in [-0.1, -0.05) is 12.1 Å². The van der Waals surface area contributed by atoms with E-state index < -0.39 is 10.0 Å². The van der Waals surface area contributed by atoms with Crippen molar-refractivity contribution in [3.8, 4) is 11.5 Å². The maximum atomic E-state index is 13.1. The fourth-order valence-corrected chi connectivity index (χ4v) is 5.31. The Balaban J connectivity index is 1.35. The highest BCUT2D eigenvalue weighted by Crippen LogP contribution is 2.33. The molecule has 0 bridgehead atoms. The molecule has 9 nitrogen and oxygen atoms in total. The van der Waals surface area contributed by atoms with Crippen molar-refractivity contribution in [2.45, 2.75) is 18.2 Å². The van der Waals surface area contributed by atoms with Crippen LogP contribution in [0, 0.1) is 0 Å². The molecule has 4 rings (SSSR count). The van der Waals surface area contributed by atoms with Crippen molar-refractivity contribution in [3.63, 3.8) is 0 Å². The van der Waals surface area contributed by atoms with Gasteiger partial charge < -0.3 is 14.8 Å². The van der Waals surface area contributed by atoms with Gasteiger partial charge >= 0.3 is 0 Å². The summed E-state index contributed by atoms with van der Waals surface area (Å²) in [7, 11) is -3.69. The molecule has 2 aliphatic rings. The second-order valence-electron chi connectivity index (χ2n) is 7.99. The minimum atomic E-state index is -3.69. The van der Waals surface area contributed by atoms with Gasteiger partial charge in [-0.3, -0.25) is 14.5 Å². The molecule has 1 saturated heterocycles. The number of carbonyl (C=O) groups excluding carboxylic acids is 2. The molecule has 0 aliphatic carbocycles. The lowest BCUT2D eigenvalue weighted by Gasteiger charge is -2.33. The zero-order chi connectivity index (χ0) is 23.4. The number of nitrogens with zero attached hydrogens (tertiary/aromatic N) is 2. The van der Waals surface area contributed by atoms with Gasteiger partial charge in [0.15, 0.2) is 17.3 Å². The Hall–Kier alpha value is -2.95. The molecular formula is C23H27N3O6S. The fraction of sp³-hybridized carbons (Fsp3) is 0.391. The number of anilines is 1. The van der Waals surface area contributed by atoms with Gasteiger partial charge in [0.1, 0.15) is 0 Å². The van der Waals surface area contributed by atoms with Crippen LogP contribution >= 0.6 is 0 Å². The van der Waals surface area contributed by atoms with Crippen LogP contribution in [0.3, 0.4) is 0 Å². The number of amides is 1. The van der Waals surface area contributed by atoms with Gasteiger partial charge in [0.05, 0.1) is 30.3 Å². The second-order valence-corrected chi connectivity index (χ2v) is 9.93. The van der Waals surface area contributed by atoms with E-state index in [0.717, 1.165) is 6.42 Å². The summed E-state index contributed by atoms with van der Waals surface area (Å²) in [4.78, 5) is 26.3. The molecule has 0 radical (unpaired) electrons. The van der Waals surface area contributed by atoms with Crippen molar-refractivity contribution in [1.82, 2.24) is 9.21 Å². The molecule has 2 aromatic carbocycles. The molecule has 2 aromatic rings. The van der Waals surface area contributed by atoms with Crippen molar-refractivity contribution >= 4 is 27.4 Å². The summed E-state index contributed by atoms with van der Waals surface area (Å²) in [6.07, 6.45) is 0.743. The van der Waals surface area contributed by atoms with Crippen molar-refractivity contribution in [1.29, 1.82) is 0 Å². The van der Waals surface area contributed by atoms with Gasteiger partial charge in [-0.05, 0) is 31.2 Å². The summed E-state index contributed by atoms with van der Waals surface area (Å²) >= 11 is 0. The Kier molecular flexibility index (Phi) is 6.96. The summed E-state index contributed by atoms with van der Waals surface area (Å²) in [6.45, 7) is 3.97. The van der Waals surface area contributed by atoms with Crippen molar-refractivity contribution in [2.24, 2.45) is 0 Å². The Labute approximate surface area is 193 Å². The highest BCUT2D eigenvalue weighted by atomic mass is 32.2. The van der Waals surface area contributed by atoms with Crippen LogP contribution < -0.4 is 14.8 Å². The van der Waals surface area contributed by atoms with Gasteiger partial charge in [-0.25, -0.2) is 8.42 Å². The molecule has 176 valence electrons. The zero-order valence-electron chi connectivity index (χ0n) is 18.5. The first-order valence-electron chi connectivity index (χ1n) is 10.9. The maximum Gasteiger partial charge on any atom is 0.243 e. The van der Waals surface area contributed by atoms with E-state index in [1.807, 2.05) is 4.90 Å². The summed E-state index contributed by atoms with van der Waals surface area (Å²) in [5.41, 5.74) is 0.933. The molecule has 1 amide bonds. The van der Waals surface area contributed by atoms with E-state index in [1.165, 1.54) is 23.4 Å². The third-order valence-corrected chi connectivity index (χ3v) is 7.53. The van der Waals surface area contributed by atoms with Gasteiger partial charge in [0, 0.05) is 44.2 Å². The zero-order valence-corrected chi connectivity index (χ0v) is 19.3. The normalized spacial score (nSPS) is 17.2. The number of nitrogens with one attached hydrogen (secondary N) is 1. The van der Waals surface area contributed by atoms with Crippen LogP contribution in [0.4, 0.5) is 5.69 Å². The molecule has 1 fully saturated rings. The number of hydrogen-bond donors (Lipinski definition) is 1. The number of piperazine rings is 1. The van der Waals surface area contributed by atoms with E-state index in [-0.39, 0.29) is 36.2 Å². The summed E-state index contributed by atoms with van der Waals surface area (Å²) in [6, 6.07) is 11.5. The molecule has 0 atom stereocenters. The molecule has 33 heavy (non-hydrogen) atoms. The monoisotopic (exact) mass is 473 g/mol. The first kappa shape index (κ1) is 23.2. The number of benzene rings is 2. The Bertz CT molecular complexity index is 1140. The molecule has 1 N–H and O–H groups in total. The largest absolute Gasteiger partial charge is 0.490 e. The van der Waals surface area contributed by atoms with Crippen LogP contribution in [0.15, 0.2) is 47.4 Å². The van der Waals surface area contributed by atoms with E-state index >= 15 is 0 Å². The minimum Gasteiger partial charge on any atom is -0.490 e. The summed E-state index contributed by atoms with van der Waals surface area (Å²) < 4.78 is 38.9. The first-order chi connectivity index (χ1) is 15.8. The van der Waals surface area contributed by atoms with Crippen LogP contribution in [0.25, 0.3) is 0 Å². The van der Waals surface area contributed by atoms with Crippen LogP contribution in [-0.2, 0) is 14.8 Å². The molecular weight excluding hydrogens is 446 g/mol. The lowest BCUT2D eigenvalue weighted by molar-refractivity contribution is -0.117. The molecule has 0 saturated carbocycles. The number of Topliss-reactive ketones (excluding diaryl/α,β-unsaturated/α-hetero) is 1. The van der Waals surface area contributed by atoms with E-state index in [0.29, 0.717) is 49.1 Å². The minimum absolute atomic E-state index is 0.115. The highest BCUT2D eigenvalue weighted by molar-refractivity contribution is 7.89. The van der Waals surface area contributed by atoms with Crippen LogP contribution in [0.2, 0.25) is 0 Å². The predicted octanol–water partition coefficient (Wildman–Crippen LogP) is 2.00. The maximum absolute atomic E-state index is 13.1. The van der Waals surface area contributed by atoms with Crippen LogP contribution in [-0.4, -0.2) is 75.3 Å². The fourth-order valence-electron chi connectivity index (χ4n) is 3.87. The number of rotatable bonds is 6. The number of sulfonamides is 1. The lowest BCUT2D eigenvalue weighted by atomic mass is 10.1. The summed E-state index contributed by atoms with van der Waals surface area (Å²) in [5.74, 6) is 0.616. The Morgan fingerprint density at radius 1 is 0.970 bits per heavy atom. The smallest absolute Gasteiger partial charge is 0.243 e. The number of carbonyl (C=O) groups is 2. The Morgan fingerprint density at radius 2 is 1.67 bits per heavy atom. The third kappa shape index (κ3) is 5.35. The molecule has 0 spiro atoms. The second kappa shape index (κ2) is 9.90. The average Bonchev–Trinajstić information content (AvgIpc) is 3.04. The van der Waals surface area contributed by atoms with Gasteiger partial charge in [-0.2, -0.15) is 4.31 Å². The molecule has 0 unspecified atom stereocenters. The SMILES string of the molecule is CC(=O)c1ccccc1NC(=O)CN1CCN(S(=O)(=O)c2ccc3c(c2)OCCCO3)CC1. The van der Waals surface area contributed by atoms with E-state index in [1.54, 1.807) is 30.3 Å². The number of hydrogen-bond acceptors (Lipinski definition) is 7. The predicted molar refractivity (Wildman–Crippen MR) is 122 cm³/mol. The standard InChI is InChI=1S/C23H27N3O6S/c1-17(27)19-5-2-3-6-20(19)24-23(28)16-25-9-11-26(12-10-25)33(29,30)18-7-8-21-22(15-18)32-14-4-13-31-21/h2-3,5-8,15H,4,9-14,16H2,1H3,(H,24,28). The summed E-state index contributed by atoms with van der Waals surface area (Å²) in [5, 5.41) is 2.78. The van der Waals surface area contributed by atoms with Crippen LogP contribution in [0.1, 0.15) is 23.7 Å². The number of fused-ring (bicyclic) bond motifs is 1. The van der Waals surface area contributed by atoms with E-state index in [4.69, 9.17) is 9.47 Å². The molecule has 2 heterocycles. The van der Waals surface area contributed by atoms with Crippen molar-refractivity contribution in [3.05, 3.63) is 48.0 Å². The Morgan fingerprint density at radius 3 is 2.39 bits per heavy atom. The van der Waals surface area contributed by atoms with E-state index in [2.05, 4.69) is 5.32 Å². The topological polar surface area (TPSA) is 105 Å². The lowest BCUT2D eigenvalue weighted by Crippen LogP contribution is -2.50. The molecule has 2 aliphatic heterocycles. The van der Waals surface area contributed by atoms with Gasteiger partial charge in [0.2, 0.25) is 15.9 Å². The molecule has 10 heteroatoms. The van der Waals surface area contributed by atoms with E-state index in [9.17, 15) is 18.0 Å². The number of ether oxygens (including phenoxy) is 2. The third-order valence-electron chi connectivity index (χ3n) is 5.64. The van der Waals surface area contributed by atoms with Crippen molar-refractivity contribution < 1.29 is 27.5 Å². The number of ketones is 1.